The largest absolute Gasteiger partial charge is 0.292 e. The summed E-state index contributed by atoms with van der Waals surface area (Å²) in [5.74, 6) is 0.842. The molecule has 0 spiro atoms. The second-order valence-corrected chi connectivity index (χ2v) is 7.84. The number of aryl methyl sites for hydroxylation is 4. The summed E-state index contributed by atoms with van der Waals surface area (Å²) in [6.45, 7) is 9.03. The molecule has 122 valence electrons. The molecule has 3 heterocycles. The smallest absolute Gasteiger partial charge is 0.262 e. The molecule has 0 fully saturated rings. The maximum absolute atomic E-state index is 12.9. The zero-order valence-corrected chi connectivity index (χ0v) is 15.3. The van der Waals surface area contributed by atoms with Gasteiger partial charge in [0.15, 0.2) is 0 Å². The Kier molecular flexibility index (Phi) is 3.46. The summed E-state index contributed by atoms with van der Waals surface area (Å²) in [4.78, 5) is 19.8. The van der Waals surface area contributed by atoms with Crippen LogP contribution in [0.15, 0.2) is 23.0 Å². The Morgan fingerprint density at radius 3 is 2.79 bits per heavy atom. The van der Waals surface area contributed by atoms with E-state index in [9.17, 15) is 4.79 Å². The van der Waals surface area contributed by atoms with Gasteiger partial charge in [-0.15, -0.1) is 11.3 Å². The fourth-order valence-electron chi connectivity index (χ4n) is 3.36. The second kappa shape index (κ2) is 5.42. The van der Waals surface area contributed by atoms with Crippen molar-refractivity contribution >= 4 is 33.2 Å². The lowest BCUT2D eigenvalue weighted by Gasteiger charge is -2.05. The third-order valence-electron chi connectivity index (χ3n) is 4.95. The SMILES string of the molecule is Cc1ccc(C)c(/C=C2\CCn3c2nc2sc(C)c(C)c2c3=O)c1. The highest BCUT2D eigenvalue weighted by molar-refractivity contribution is 7.18. The fourth-order valence-corrected chi connectivity index (χ4v) is 4.38. The average molecular weight is 336 g/mol. The van der Waals surface area contributed by atoms with E-state index in [1.54, 1.807) is 11.3 Å². The van der Waals surface area contributed by atoms with Gasteiger partial charge in [0.05, 0.1) is 5.39 Å². The molecule has 3 aromatic rings. The molecular weight excluding hydrogens is 316 g/mol. The van der Waals surface area contributed by atoms with E-state index in [1.807, 2.05) is 11.5 Å². The van der Waals surface area contributed by atoms with Crippen molar-refractivity contribution in [2.24, 2.45) is 0 Å². The van der Waals surface area contributed by atoms with Crippen LogP contribution in [-0.2, 0) is 6.54 Å². The minimum absolute atomic E-state index is 0.112. The van der Waals surface area contributed by atoms with Crippen LogP contribution in [0.2, 0.25) is 0 Å². The van der Waals surface area contributed by atoms with Crippen molar-refractivity contribution in [1.29, 1.82) is 0 Å². The lowest BCUT2D eigenvalue weighted by molar-refractivity contribution is 0.726. The molecule has 3 nitrogen and oxygen atoms in total. The maximum atomic E-state index is 12.9. The summed E-state index contributed by atoms with van der Waals surface area (Å²) in [5, 5.41) is 0.800. The first-order valence-corrected chi connectivity index (χ1v) is 9.06. The number of thiophene rings is 1. The van der Waals surface area contributed by atoms with Crippen LogP contribution in [0.3, 0.4) is 0 Å². The van der Waals surface area contributed by atoms with Crippen molar-refractivity contribution in [3.05, 3.63) is 61.5 Å². The number of nitrogens with zero attached hydrogens (tertiary/aromatic N) is 2. The molecule has 0 saturated carbocycles. The summed E-state index contributed by atoms with van der Waals surface area (Å²) >= 11 is 1.62. The minimum Gasteiger partial charge on any atom is -0.292 e. The molecule has 0 amide bonds. The molecule has 1 aliphatic heterocycles. The molecule has 0 unspecified atom stereocenters. The van der Waals surface area contributed by atoms with Gasteiger partial charge in [-0.2, -0.15) is 0 Å². The molecule has 0 N–H and O–H groups in total. The number of hydrogen-bond donors (Lipinski definition) is 0. The zero-order chi connectivity index (χ0) is 17.0. The first-order chi connectivity index (χ1) is 11.5. The van der Waals surface area contributed by atoms with Crippen molar-refractivity contribution in [2.75, 3.05) is 0 Å². The molecule has 1 aliphatic rings. The Labute approximate surface area is 145 Å². The third-order valence-corrected chi connectivity index (χ3v) is 6.05. The Morgan fingerprint density at radius 1 is 1.21 bits per heavy atom. The Morgan fingerprint density at radius 2 is 2.00 bits per heavy atom. The maximum Gasteiger partial charge on any atom is 0.262 e. The fraction of sp³-hybridized carbons (Fsp3) is 0.300. The first-order valence-electron chi connectivity index (χ1n) is 8.24. The van der Waals surface area contributed by atoms with E-state index in [-0.39, 0.29) is 5.56 Å². The Balaban J connectivity index is 1.93. The number of hydrogen-bond acceptors (Lipinski definition) is 3. The summed E-state index contributed by atoms with van der Waals surface area (Å²) in [6, 6.07) is 6.47. The van der Waals surface area contributed by atoms with Crippen LogP contribution >= 0.6 is 11.3 Å². The van der Waals surface area contributed by atoms with Gasteiger partial charge in [-0.25, -0.2) is 4.98 Å². The van der Waals surface area contributed by atoms with Crippen molar-refractivity contribution in [3.63, 3.8) is 0 Å². The van der Waals surface area contributed by atoms with E-state index >= 15 is 0 Å². The van der Waals surface area contributed by atoms with Gasteiger partial charge in [0.2, 0.25) is 0 Å². The molecule has 0 saturated heterocycles. The standard InChI is InChI=1S/C20H20N2OS/c1-11-5-6-12(2)16(9-11)10-15-7-8-22-18(15)21-19-17(20(22)23)13(3)14(4)24-19/h5-6,9-10H,7-8H2,1-4H3/b15-10+. The topological polar surface area (TPSA) is 34.9 Å². The van der Waals surface area contributed by atoms with E-state index < -0.39 is 0 Å². The number of benzene rings is 1. The highest BCUT2D eigenvalue weighted by atomic mass is 32.1. The van der Waals surface area contributed by atoms with Crippen LogP contribution in [-0.4, -0.2) is 9.55 Å². The van der Waals surface area contributed by atoms with Crippen LogP contribution in [0.25, 0.3) is 21.9 Å². The van der Waals surface area contributed by atoms with Gasteiger partial charge in [0.25, 0.3) is 5.56 Å². The lowest BCUT2D eigenvalue weighted by atomic mass is 10.0. The molecule has 4 heteroatoms. The van der Waals surface area contributed by atoms with E-state index in [2.05, 4.69) is 45.0 Å². The highest BCUT2D eigenvalue weighted by Gasteiger charge is 2.23. The Hall–Kier alpha value is -2.20. The third kappa shape index (κ3) is 2.25. The predicted octanol–water partition coefficient (Wildman–Crippen LogP) is 4.64. The van der Waals surface area contributed by atoms with E-state index in [0.717, 1.165) is 40.1 Å². The van der Waals surface area contributed by atoms with Gasteiger partial charge in [0, 0.05) is 11.4 Å². The van der Waals surface area contributed by atoms with Crippen LogP contribution < -0.4 is 5.56 Å². The van der Waals surface area contributed by atoms with Crippen molar-refractivity contribution in [3.8, 4) is 0 Å². The van der Waals surface area contributed by atoms with Crippen LogP contribution in [0.4, 0.5) is 0 Å². The zero-order valence-electron chi connectivity index (χ0n) is 14.4. The van der Waals surface area contributed by atoms with Gasteiger partial charge in [-0.05, 0) is 62.5 Å². The second-order valence-electron chi connectivity index (χ2n) is 6.64. The number of rotatable bonds is 1. The van der Waals surface area contributed by atoms with Gasteiger partial charge in [-0.1, -0.05) is 23.8 Å². The molecular formula is C20H20N2OS. The summed E-state index contributed by atoms with van der Waals surface area (Å²) in [5.41, 5.74) is 6.06. The average Bonchev–Trinajstić information content (AvgIpc) is 3.06. The molecule has 0 atom stereocenters. The molecule has 24 heavy (non-hydrogen) atoms. The minimum atomic E-state index is 0.112. The van der Waals surface area contributed by atoms with Crippen molar-refractivity contribution in [1.82, 2.24) is 9.55 Å². The van der Waals surface area contributed by atoms with Gasteiger partial charge < -0.3 is 0 Å². The number of allylic oxidation sites excluding steroid dienone is 1. The first kappa shape index (κ1) is 15.3. The summed E-state index contributed by atoms with van der Waals surface area (Å²) < 4.78 is 1.85. The normalized spacial score (nSPS) is 15.4. The monoisotopic (exact) mass is 336 g/mol. The molecule has 0 bridgehead atoms. The molecule has 0 radical (unpaired) electrons. The Bertz CT molecular complexity index is 1070. The van der Waals surface area contributed by atoms with Gasteiger partial charge >= 0.3 is 0 Å². The summed E-state index contributed by atoms with van der Waals surface area (Å²) in [6.07, 6.45) is 3.07. The van der Waals surface area contributed by atoms with Crippen molar-refractivity contribution in [2.45, 2.75) is 40.7 Å². The van der Waals surface area contributed by atoms with Crippen molar-refractivity contribution < 1.29 is 0 Å². The van der Waals surface area contributed by atoms with E-state index in [1.165, 1.54) is 21.6 Å². The number of fused-ring (bicyclic) bond motifs is 2. The lowest BCUT2D eigenvalue weighted by Crippen LogP contribution is -2.20. The summed E-state index contributed by atoms with van der Waals surface area (Å²) in [7, 11) is 0. The predicted molar refractivity (Wildman–Crippen MR) is 102 cm³/mol. The molecule has 0 aliphatic carbocycles. The molecule has 4 rings (SSSR count). The molecule has 1 aromatic carbocycles. The van der Waals surface area contributed by atoms with Crippen LogP contribution in [0.1, 0.15) is 39.4 Å². The quantitative estimate of drug-likeness (QED) is 0.649. The van der Waals surface area contributed by atoms with E-state index in [4.69, 9.17) is 4.98 Å². The number of aromatic nitrogens is 2. The van der Waals surface area contributed by atoms with Gasteiger partial charge in [-0.3, -0.25) is 9.36 Å². The molecule has 2 aromatic heterocycles. The van der Waals surface area contributed by atoms with E-state index in [0.29, 0.717) is 0 Å². The van der Waals surface area contributed by atoms with Crippen LogP contribution in [0.5, 0.6) is 0 Å². The highest BCUT2D eigenvalue weighted by Crippen LogP contribution is 2.32. The van der Waals surface area contributed by atoms with Crippen LogP contribution in [0, 0.1) is 27.7 Å². The van der Waals surface area contributed by atoms with Gasteiger partial charge in [0.1, 0.15) is 10.7 Å².